The normalized spacial score (nSPS) is 13.3. The van der Waals surface area contributed by atoms with Crippen molar-refractivity contribution in [3.05, 3.63) is 94.0 Å². The third-order valence-electron chi connectivity index (χ3n) is 6.00. The summed E-state index contributed by atoms with van der Waals surface area (Å²) in [5, 5.41) is 6.48. The molecule has 3 aromatic rings. The summed E-state index contributed by atoms with van der Waals surface area (Å²) in [6.45, 7) is 6.51. The van der Waals surface area contributed by atoms with Crippen molar-refractivity contribution in [2.45, 2.75) is 13.8 Å². The Kier molecular flexibility index (Phi) is 7.68. The SMILES string of the molecule is Cc1cccc(C(=O)NC(=S)Nc2ccc(N3CCN(C(=O)c4ccccc4C)CC3)c(Cl)c2)c1. The molecule has 0 atom stereocenters. The zero-order valence-electron chi connectivity index (χ0n) is 19.7. The van der Waals surface area contributed by atoms with E-state index in [0.717, 1.165) is 22.4 Å². The van der Waals surface area contributed by atoms with E-state index in [1.807, 2.05) is 67.3 Å². The molecule has 1 fully saturated rings. The number of nitrogens with zero attached hydrogens (tertiary/aromatic N) is 2. The van der Waals surface area contributed by atoms with E-state index in [4.69, 9.17) is 23.8 Å². The van der Waals surface area contributed by atoms with E-state index < -0.39 is 0 Å². The quantitative estimate of drug-likeness (QED) is 0.485. The molecule has 2 N–H and O–H groups in total. The highest BCUT2D eigenvalue weighted by molar-refractivity contribution is 7.80. The first-order chi connectivity index (χ1) is 16.8. The van der Waals surface area contributed by atoms with Gasteiger partial charge >= 0.3 is 0 Å². The van der Waals surface area contributed by atoms with Gasteiger partial charge in [0, 0.05) is 43.0 Å². The van der Waals surface area contributed by atoms with Crippen LogP contribution in [0.5, 0.6) is 0 Å². The average Bonchev–Trinajstić information content (AvgIpc) is 2.84. The van der Waals surface area contributed by atoms with Crippen LogP contribution in [0.25, 0.3) is 0 Å². The molecule has 0 bridgehead atoms. The molecule has 1 heterocycles. The lowest BCUT2D eigenvalue weighted by Gasteiger charge is -2.36. The summed E-state index contributed by atoms with van der Waals surface area (Å²) in [5.41, 5.74) is 4.86. The van der Waals surface area contributed by atoms with Gasteiger partial charge in [-0.2, -0.15) is 0 Å². The number of anilines is 2. The number of carbonyl (C=O) groups excluding carboxylic acids is 2. The lowest BCUT2D eigenvalue weighted by atomic mass is 10.1. The number of halogens is 1. The lowest BCUT2D eigenvalue weighted by Crippen LogP contribution is -2.49. The van der Waals surface area contributed by atoms with Gasteiger partial charge in [0.15, 0.2) is 5.11 Å². The Morgan fingerprint density at radius 1 is 0.914 bits per heavy atom. The van der Waals surface area contributed by atoms with Crippen molar-refractivity contribution in [1.29, 1.82) is 0 Å². The fourth-order valence-corrected chi connectivity index (χ4v) is 4.61. The molecule has 8 heteroatoms. The van der Waals surface area contributed by atoms with E-state index in [2.05, 4.69) is 15.5 Å². The van der Waals surface area contributed by atoms with E-state index in [0.29, 0.717) is 42.5 Å². The number of hydrogen-bond donors (Lipinski definition) is 2. The number of nitrogens with one attached hydrogen (secondary N) is 2. The number of thiocarbonyl (C=S) groups is 1. The summed E-state index contributed by atoms with van der Waals surface area (Å²) in [6.07, 6.45) is 0. The summed E-state index contributed by atoms with van der Waals surface area (Å²) < 4.78 is 0. The van der Waals surface area contributed by atoms with Crippen molar-refractivity contribution >= 4 is 52.1 Å². The van der Waals surface area contributed by atoms with Crippen LogP contribution in [-0.2, 0) is 0 Å². The van der Waals surface area contributed by atoms with Crippen LogP contribution in [0.2, 0.25) is 5.02 Å². The predicted molar refractivity (Wildman–Crippen MR) is 146 cm³/mol. The second kappa shape index (κ2) is 10.9. The van der Waals surface area contributed by atoms with Crippen LogP contribution < -0.4 is 15.5 Å². The average molecular weight is 507 g/mol. The van der Waals surface area contributed by atoms with Crippen molar-refractivity contribution in [2.75, 3.05) is 36.4 Å². The van der Waals surface area contributed by atoms with Crippen LogP contribution in [0.3, 0.4) is 0 Å². The van der Waals surface area contributed by atoms with Gasteiger partial charge < -0.3 is 15.1 Å². The monoisotopic (exact) mass is 506 g/mol. The minimum atomic E-state index is -0.271. The van der Waals surface area contributed by atoms with E-state index in [1.54, 1.807) is 18.2 Å². The molecule has 1 aliphatic heterocycles. The Labute approximate surface area is 215 Å². The maximum Gasteiger partial charge on any atom is 0.257 e. The maximum atomic E-state index is 12.9. The molecule has 1 saturated heterocycles. The highest BCUT2D eigenvalue weighted by atomic mass is 35.5. The largest absolute Gasteiger partial charge is 0.367 e. The molecule has 2 amide bonds. The Hall–Kier alpha value is -3.42. The van der Waals surface area contributed by atoms with Gasteiger partial charge in [-0.15, -0.1) is 0 Å². The van der Waals surface area contributed by atoms with Crippen LogP contribution >= 0.6 is 23.8 Å². The number of amides is 2. The Morgan fingerprint density at radius 2 is 1.66 bits per heavy atom. The molecule has 0 aliphatic carbocycles. The predicted octanol–water partition coefficient (Wildman–Crippen LogP) is 5.05. The van der Waals surface area contributed by atoms with Crippen LogP contribution in [-0.4, -0.2) is 48.0 Å². The zero-order valence-corrected chi connectivity index (χ0v) is 21.2. The number of rotatable bonds is 4. The second-order valence-corrected chi connectivity index (χ2v) is 9.35. The molecule has 0 radical (unpaired) electrons. The molecular weight excluding hydrogens is 480 g/mol. The van der Waals surface area contributed by atoms with Gasteiger partial charge in [0.05, 0.1) is 10.7 Å². The molecule has 4 rings (SSSR count). The first-order valence-corrected chi connectivity index (χ1v) is 12.2. The smallest absolute Gasteiger partial charge is 0.257 e. The summed E-state index contributed by atoms with van der Waals surface area (Å²) in [5.74, 6) is -0.207. The van der Waals surface area contributed by atoms with Crippen molar-refractivity contribution < 1.29 is 9.59 Å². The number of benzene rings is 3. The number of piperazine rings is 1. The fraction of sp³-hybridized carbons (Fsp3) is 0.222. The summed E-state index contributed by atoms with van der Waals surface area (Å²) in [4.78, 5) is 29.4. The van der Waals surface area contributed by atoms with Crippen LogP contribution in [0.15, 0.2) is 66.7 Å². The van der Waals surface area contributed by atoms with E-state index in [1.165, 1.54) is 0 Å². The fourth-order valence-electron chi connectivity index (χ4n) is 4.10. The molecule has 1 aliphatic rings. The molecular formula is C27H27ClN4O2S. The van der Waals surface area contributed by atoms with Gasteiger partial charge in [-0.3, -0.25) is 14.9 Å². The number of hydrogen-bond acceptors (Lipinski definition) is 4. The molecule has 3 aromatic carbocycles. The Balaban J connectivity index is 1.34. The second-order valence-electron chi connectivity index (χ2n) is 8.54. The van der Waals surface area contributed by atoms with Crippen molar-refractivity contribution in [1.82, 2.24) is 10.2 Å². The molecule has 6 nitrogen and oxygen atoms in total. The lowest BCUT2D eigenvalue weighted by molar-refractivity contribution is 0.0746. The van der Waals surface area contributed by atoms with E-state index in [-0.39, 0.29) is 16.9 Å². The van der Waals surface area contributed by atoms with Gasteiger partial charge in [0.25, 0.3) is 11.8 Å². The highest BCUT2D eigenvalue weighted by Gasteiger charge is 2.24. The number of aryl methyl sites for hydroxylation is 2. The standard InChI is InChI=1S/C27H27ClN4O2S/c1-18-6-5-8-20(16-18)25(33)30-27(35)29-21-10-11-24(23(28)17-21)31-12-14-32(15-13-31)26(34)22-9-4-3-7-19(22)2/h3-11,16-17H,12-15H2,1-2H3,(H2,29,30,33,35). The summed E-state index contributed by atoms with van der Waals surface area (Å²) >= 11 is 11.9. The zero-order chi connectivity index (χ0) is 24.9. The van der Waals surface area contributed by atoms with Crippen molar-refractivity contribution in [2.24, 2.45) is 0 Å². The first-order valence-electron chi connectivity index (χ1n) is 11.4. The van der Waals surface area contributed by atoms with Crippen molar-refractivity contribution in [3.8, 4) is 0 Å². The van der Waals surface area contributed by atoms with Gasteiger partial charge in [0.1, 0.15) is 0 Å². The Morgan fingerprint density at radius 3 is 2.34 bits per heavy atom. The molecule has 0 spiro atoms. The van der Waals surface area contributed by atoms with E-state index >= 15 is 0 Å². The third kappa shape index (κ3) is 5.99. The summed E-state index contributed by atoms with van der Waals surface area (Å²) in [7, 11) is 0. The molecule has 0 aromatic heterocycles. The third-order valence-corrected chi connectivity index (χ3v) is 6.50. The van der Waals surface area contributed by atoms with Gasteiger partial charge in [-0.05, 0) is 68.0 Å². The van der Waals surface area contributed by atoms with Gasteiger partial charge in [-0.25, -0.2) is 0 Å². The van der Waals surface area contributed by atoms with Gasteiger partial charge in [0.2, 0.25) is 0 Å². The topological polar surface area (TPSA) is 64.7 Å². The van der Waals surface area contributed by atoms with Gasteiger partial charge in [-0.1, -0.05) is 47.5 Å². The van der Waals surface area contributed by atoms with E-state index in [9.17, 15) is 9.59 Å². The number of carbonyl (C=O) groups is 2. The highest BCUT2D eigenvalue weighted by Crippen LogP contribution is 2.30. The first kappa shape index (κ1) is 24.7. The maximum absolute atomic E-state index is 12.9. The van der Waals surface area contributed by atoms with Crippen LogP contribution in [0.1, 0.15) is 31.8 Å². The summed E-state index contributed by atoms with van der Waals surface area (Å²) in [6, 6.07) is 20.6. The minimum Gasteiger partial charge on any atom is -0.367 e. The Bertz CT molecular complexity index is 1270. The van der Waals surface area contributed by atoms with Crippen LogP contribution in [0, 0.1) is 13.8 Å². The minimum absolute atomic E-state index is 0.0645. The molecule has 180 valence electrons. The van der Waals surface area contributed by atoms with Crippen LogP contribution in [0.4, 0.5) is 11.4 Å². The van der Waals surface area contributed by atoms with Crippen molar-refractivity contribution in [3.63, 3.8) is 0 Å². The molecule has 0 unspecified atom stereocenters. The molecule has 35 heavy (non-hydrogen) atoms. The molecule has 0 saturated carbocycles.